The first-order valence-corrected chi connectivity index (χ1v) is 8.54. The summed E-state index contributed by atoms with van der Waals surface area (Å²) in [6, 6.07) is 5.20. The molecule has 1 heterocycles. The number of esters is 1. The molecule has 2 rings (SSSR count). The third kappa shape index (κ3) is 4.12. The number of carbonyl (C=O) groups is 3. The number of Topliss-reactive ketones (excluding diaryl/α,β-unsaturated/α-hetero) is 1. The average molecular weight is 358 g/mol. The lowest BCUT2D eigenvalue weighted by molar-refractivity contribution is -0.136. The van der Waals surface area contributed by atoms with Crippen LogP contribution >= 0.6 is 0 Å². The molecule has 26 heavy (non-hydrogen) atoms. The maximum absolute atomic E-state index is 13.1. The van der Waals surface area contributed by atoms with Gasteiger partial charge >= 0.3 is 5.97 Å². The molecule has 0 saturated carbocycles. The van der Waals surface area contributed by atoms with Crippen LogP contribution in [0.4, 0.5) is 5.69 Å². The number of rotatable bonds is 5. The largest absolute Gasteiger partial charge is 0.466 e. The van der Waals surface area contributed by atoms with Crippen molar-refractivity contribution in [1.29, 1.82) is 0 Å². The number of carbonyl (C=O) groups excluding carboxylic acids is 3. The van der Waals surface area contributed by atoms with Gasteiger partial charge in [-0.05, 0) is 29.5 Å². The fourth-order valence-electron chi connectivity index (χ4n) is 3.16. The van der Waals surface area contributed by atoms with E-state index in [0.717, 1.165) is 5.56 Å². The van der Waals surface area contributed by atoms with Gasteiger partial charge < -0.3 is 15.8 Å². The van der Waals surface area contributed by atoms with Crippen molar-refractivity contribution in [3.63, 3.8) is 0 Å². The van der Waals surface area contributed by atoms with Crippen molar-refractivity contribution in [3.8, 4) is 0 Å². The second-order valence-corrected chi connectivity index (χ2v) is 7.70. The highest BCUT2D eigenvalue weighted by Crippen LogP contribution is 2.36. The Hall–Kier alpha value is -2.63. The lowest BCUT2D eigenvalue weighted by Gasteiger charge is -2.34. The van der Waals surface area contributed by atoms with Crippen LogP contribution in [0.25, 0.3) is 0 Å². The molecule has 2 atom stereocenters. The number of methoxy groups -OCH3 is 1. The van der Waals surface area contributed by atoms with E-state index in [1.165, 1.54) is 7.11 Å². The van der Waals surface area contributed by atoms with Crippen molar-refractivity contribution in [1.82, 2.24) is 0 Å². The van der Waals surface area contributed by atoms with E-state index in [0.29, 0.717) is 11.3 Å². The molecule has 0 aromatic heterocycles. The predicted octanol–water partition coefficient (Wildman–Crippen LogP) is 2.57. The Bertz CT molecular complexity index is 762. The SMILES string of the molecule is C=C(CC1C(=O)c2cc(C(C)(C)C)ccc2NC1CC(N)=O)C(=O)OC. The van der Waals surface area contributed by atoms with Crippen molar-refractivity contribution in [3.05, 3.63) is 41.5 Å². The smallest absolute Gasteiger partial charge is 0.333 e. The van der Waals surface area contributed by atoms with E-state index in [9.17, 15) is 14.4 Å². The Morgan fingerprint density at radius 3 is 2.46 bits per heavy atom. The lowest BCUT2D eigenvalue weighted by Crippen LogP contribution is -2.42. The normalized spacial score (nSPS) is 19.3. The molecule has 6 heteroatoms. The van der Waals surface area contributed by atoms with Crippen LogP contribution in [0, 0.1) is 5.92 Å². The fourth-order valence-corrected chi connectivity index (χ4v) is 3.16. The molecule has 1 aliphatic rings. The monoisotopic (exact) mass is 358 g/mol. The second-order valence-electron chi connectivity index (χ2n) is 7.70. The minimum absolute atomic E-state index is 0.00861. The summed E-state index contributed by atoms with van der Waals surface area (Å²) in [6.07, 6.45) is 0.0982. The highest BCUT2D eigenvalue weighted by atomic mass is 16.5. The highest BCUT2D eigenvalue weighted by Gasteiger charge is 2.37. The zero-order chi connectivity index (χ0) is 19.6. The van der Waals surface area contributed by atoms with E-state index < -0.39 is 23.8 Å². The number of fused-ring (bicyclic) bond motifs is 1. The molecule has 1 aliphatic heterocycles. The number of primary amides is 1. The summed E-state index contributed by atoms with van der Waals surface area (Å²) in [5, 5.41) is 3.23. The second kappa shape index (κ2) is 7.32. The fraction of sp³-hybridized carbons (Fsp3) is 0.450. The number of nitrogens with two attached hydrogens (primary N) is 1. The molecule has 1 amide bonds. The quantitative estimate of drug-likeness (QED) is 0.623. The van der Waals surface area contributed by atoms with Crippen molar-refractivity contribution in [2.24, 2.45) is 11.7 Å². The number of nitrogens with one attached hydrogen (secondary N) is 1. The first-order chi connectivity index (χ1) is 12.0. The van der Waals surface area contributed by atoms with Gasteiger partial charge in [-0.3, -0.25) is 9.59 Å². The minimum Gasteiger partial charge on any atom is -0.466 e. The van der Waals surface area contributed by atoms with Crippen LogP contribution in [0.2, 0.25) is 0 Å². The number of anilines is 1. The zero-order valence-electron chi connectivity index (χ0n) is 15.7. The van der Waals surface area contributed by atoms with Gasteiger partial charge in [0, 0.05) is 35.2 Å². The van der Waals surface area contributed by atoms with E-state index in [1.807, 2.05) is 18.2 Å². The third-order valence-corrected chi connectivity index (χ3v) is 4.68. The molecular weight excluding hydrogens is 332 g/mol. The van der Waals surface area contributed by atoms with Crippen molar-refractivity contribution >= 4 is 23.3 Å². The van der Waals surface area contributed by atoms with Crippen molar-refractivity contribution in [2.75, 3.05) is 12.4 Å². The van der Waals surface area contributed by atoms with Gasteiger partial charge in [0.2, 0.25) is 5.91 Å². The Morgan fingerprint density at radius 2 is 1.92 bits per heavy atom. The molecule has 0 bridgehead atoms. The van der Waals surface area contributed by atoms with Crippen LogP contribution in [0.3, 0.4) is 0 Å². The molecule has 0 aliphatic carbocycles. The molecule has 0 spiro atoms. The van der Waals surface area contributed by atoms with Crippen molar-refractivity contribution < 1.29 is 19.1 Å². The summed E-state index contributed by atoms with van der Waals surface area (Å²) in [5.74, 6) is -1.82. The van der Waals surface area contributed by atoms with Crippen LogP contribution in [0.15, 0.2) is 30.4 Å². The highest BCUT2D eigenvalue weighted by molar-refractivity contribution is 6.06. The van der Waals surface area contributed by atoms with E-state index in [2.05, 4.69) is 37.4 Å². The maximum Gasteiger partial charge on any atom is 0.333 e. The lowest BCUT2D eigenvalue weighted by atomic mass is 9.78. The number of benzene rings is 1. The van der Waals surface area contributed by atoms with Crippen LogP contribution in [0.5, 0.6) is 0 Å². The summed E-state index contributed by atoms with van der Waals surface area (Å²) < 4.78 is 4.68. The summed E-state index contributed by atoms with van der Waals surface area (Å²) in [5.41, 5.74) is 7.69. The first-order valence-electron chi connectivity index (χ1n) is 8.54. The predicted molar refractivity (Wildman–Crippen MR) is 100.0 cm³/mol. The number of hydrogen-bond acceptors (Lipinski definition) is 5. The Kier molecular flexibility index (Phi) is 5.54. The van der Waals surface area contributed by atoms with Gasteiger partial charge in [-0.15, -0.1) is 0 Å². The van der Waals surface area contributed by atoms with Crippen molar-refractivity contribution in [2.45, 2.75) is 45.1 Å². The Morgan fingerprint density at radius 1 is 1.27 bits per heavy atom. The number of hydrogen-bond donors (Lipinski definition) is 2. The van der Waals surface area contributed by atoms with E-state index in [4.69, 9.17) is 5.73 Å². The Balaban J connectivity index is 2.42. The van der Waals surface area contributed by atoms with Gasteiger partial charge in [-0.2, -0.15) is 0 Å². The minimum atomic E-state index is -0.614. The molecular formula is C20H26N2O4. The maximum atomic E-state index is 13.1. The summed E-state index contributed by atoms with van der Waals surface area (Å²) in [6.45, 7) is 9.92. The average Bonchev–Trinajstić information content (AvgIpc) is 2.55. The topological polar surface area (TPSA) is 98.5 Å². The third-order valence-electron chi connectivity index (χ3n) is 4.68. The molecule has 0 fully saturated rings. The van der Waals surface area contributed by atoms with E-state index in [1.54, 1.807) is 0 Å². The molecule has 0 saturated heterocycles. The molecule has 6 nitrogen and oxygen atoms in total. The van der Waals surface area contributed by atoms with E-state index >= 15 is 0 Å². The van der Waals surface area contributed by atoms with Gasteiger partial charge in [-0.25, -0.2) is 4.79 Å². The molecule has 0 radical (unpaired) electrons. The molecule has 3 N–H and O–H groups in total. The molecule has 140 valence electrons. The number of ketones is 1. The Labute approximate surface area is 153 Å². The van der Waals surface area contributed by atoms with Gasteiger partial charge in [0.05, 0.1) is 7.11 Å². The summed E-state index contributed by atoms with van der Waals surface area (Å²) in [4.78, 5) is 36.3. The number of ether oxygens (including phenoxy) is 1. The van der Waals surface area contributed by atoms with Gasteiger partial charge in [0.1, 0.15) is 0 Å². The molecule has 1 aromatic rings. The van der Waals surface area contributed by atoms with Crippen LogP contribution in [-0.2, 0) is 19.7 Å². The molecule has 1 aromatic carbocycles. The summed E-state index contributed by atoms with van der Waals surface area (Å²) >= 11 is 0. The first kappa shape index (κ1) is 19.7. The van der Waals surface area contributed by atoms with Gasteiger partial charge in [-0.1, -0.05) is 33.4 Å². The summed E-state index contributed by atoms with van der Waals surface area (Å²) in [7, 11) is 1.26. The van der Waals surface area contributed by atoms with Crippen LogP contribution < -0.4 is 11.1 Å². The number of amides is 1. The van der Waals surface area contributed by atoms with Gasteiger partial charge in [0.15, 0.2) is 5.78 Å². The van der Waals surface area contributed by atoms with Crippen LogP contribution in [0.1, 0.15) is 49.5 Å². The van der Waals surface area contributed by atoms with E-state index in [-0.39, 0.29) is 29.6 Å². The van der Waals surface area contributed by atoms with Crippen LogP contribution in [-0.4, -0.2) is 30.8 Å². The standard InChI is InChI=1S/C20H26N2O4/c1-11(19(25)26-5)8-13-16(10-17(21)23)22-15-7-6-12(20(2,3)4)9-14(15)18(13)24/h6-7,9,13,16,22H,1,8,10H2,2-5H3,(H2,21,23). The molecule has 2 unspecified atom stereocenters. The van der Waals surface area contributed by atoms with Gasteiger partial charge in [0.25, 0.3) is 0 Å². The zero-order valence-corrected chi connectivity index (χ0v) is 15.7.